The molecule has 2 aliphatic heterocycles. The molecule has 2 fully saturated rings. The molecule has 116 valence electrons. The van der Waals surface area contributed by atoms with E-state index in [2.05, 4.69) is 10.2 Å². The number of rotatable bonds is 3. The van der Waals surface area contributed by atoms with E-state index in [1.807, 2.05) is 0 Å². The lowest BCUT2D eigenvalue weighted by atomic mass is 9.85. The maximum absolute atomic E-state index is 14.3. The lowest BCUT2D eigenvalue weighted by molar-refractivity contribution is 0.0202. The molecular weight excluding hydrogens is 274 g/mol. The van der Waals surface area contributed by atoms with Crippen molar-refractivity contribution in [1.82, 2.24) is 10.2 Å². The van der Waals surface area contributed by atoms with Gasteiger partial charge in [-0.1, -0.05) is 6.07 Å². The van der Waals surface area contributed by atoms with E-state index in [-0.39, 0.29) is 6.04 Å². The Labute approximate surface area is 124 Å². The van der Waals surface area contributed by atoms with Crippen molar-refractivity contribution in [3.8, 4) is 0 Å². The van der Waals surface area contributed by atoms with Gasteiger partial charge in [0.1, 0.15) is 11.6 Å². The fourth-order valence-electron chi connectivity index (χ4n) is 3.48. The van der Waals surface area contributed by atoms with Crippen molar-refractivity contribution in [2.24, 2.45) is 5.92 Å². The van der Waals surface area contributed by atoms with E-state index >= 15 is 0 Å². The number of piperazine rings is 1. The molecule has 3 nitrogen and oxygen atoms in total. The lowest BCUT2D eigenvalue weighted by Gasteiger charge is -2.41. The highest BCUT2D eigenvalue weighted by atomic mass is 19.1. The van der Waals surface area contributed by atoms with Crippen LogP contribution in [0.4, 0.5) is 8.78 Å². The van der Waals surface area contributed by atoms with Crippen LogP contribution in [0.15, 0.2) is 18.2 Å². The largest absolute Gasteiger partial charge is 0.381 e. The molecule has 1 atom stereocenters. The fraction of sp³-hybridized carbons (Fsp3) is 0.625. The Morgan fingerprint density at radius 3 is 2.52 bits per heavy atom. The Bertz CT molecular complexity index is 453. The van der Waals surface area contributed by atoms with Gasteiger partial charge >= 0.3 is 0 Å². The summed E-state index contributed by atoms with van der Waals surface area (Å²) < 4.78 is 32.9. The molecule has 3 rings (SSSR count). The van der Waals surface area contributed by atoms with Gasteiger partial charge in [-0.2, -0.15) is 0 Å². The van der Waals surface area contributed by atoms with E-state index in [0.29, 0.717) is 11.5 Å². The standard InChI is InChI=1S/C16H22F2N2O/c17-13-1-2-14(15(18)11-13)16(12-3-9-21-10-4-12)20-7-5-19-6-8-20/h1-2,11-12,16,19H,3-10H2/t16-/m1/s1. The zero-order valence-electron chi connectivity index (χ0n) is 12.2. The summed E-state index contributed by atoms with van der Waals surface area (Å²) in [5.74, 6) is -0.566. The first kappa shape index (κ1) is 14.9. The second-order valence-corrected chi connectivity index (χ2v) is 5.85. The van der Waals surface area contributed by atoms with Crippen molar-refractivity contribution in [3.05, 3.63) is 35.4 Å². The van der Waals surface area contributed by atoms with Crippen molar-refractivity contribution in [2.75, 3.05) is 39.4 Å². The average molecular weight is 296 g/mol. The van der Waals surface area contributed by atoms with Crippen LogP contribution in [-0.4, -0.2) is 44.3 Å². The number of hydrogen-bond donors (Lipinski definition) is 1. The predicted octanol–water partition coefficient (Wildman–Crippen LogP) is 2.34. The smallest absolute Gasteiger partial charge is 0.130 e. The van der Waals surface area contributed by atoms with Crippen LogP contribution in [0.25, 0.3) is 0 Å². The number of nitrogens with zero attached hydrogens (tertiary/aromatic N) is 1. The van der Waals surface area contributed by atoms with E-state index in [9.17, 15) is 8.78 Å². The summed E-state index contributed by atoms with van der Waals surface area (Å²) in [5, 5.41) is 3.33. The van der Waals surface area contributed by atoms with Gasteiger partial charge in [-0.25, -0.2) is 8.78 Å². The van der Waals surface area contributed by atoms with Gasteiger partial charge in [-0.3, -0.25) is 4.90 Å². The van der Waals surface area contributed by atoms with Crippen LogP contribution in [0.3, 0.4) is 0 Å². The van der Waals surface area contributed by atoms with Gasteiger partial charge in [0.2, 0.25) is 0 Å². The number of ether oxygens (including phenoxy) is 1. The Balaban J connectivity index is 1.89. The van der Waals surface area contributed by atoms with Crippen LogP contribution >= 0.6 is 0 Å². The zero-order chi connectivity index (χ0) is 14.7. The first-order valence-electron chi connectivity index (χ1n) is 7.73. The molecule has 21 heavy (non-hydrogen) atoms. The summed E-state index contributed by atoms with van der Waals surface area (Å²) in [5.41, 5.74) is 0.630. The molecule has 2 saturated heterocycles. The minimum Gasteiger partial charge on any atom is -0.381 e. The van der Waals surface area contributed by atoms with E-state index in [0.717, 1.165) is 58.3 Å². The summed E-state index contributed by atoms with van der Waals surface area (Å²) in [6.07, 6.45) is 1.87. The summed E-state index contributed by atoms with van der Waals surface area (Å²) in [7, 11) is 0. The van der Waals surface area contributed by atoms with Gasteiger partial charge in [0.05, 0.1) is 0 Å². The molecule has 0 saturated carbocycles. The van der Waals surface area contributed by atoms with Crippen LogP contribution in [-0.2, 0) is 4.74 Å². The molecule has 1 aromatic carbocycles. The van der Waals surface area contributed by atoms with E-state index in [1.165, 1.54) is 6.07 Å². The summed E-state index contributed by atoms with van der Waals surface area (Å²) >= 11 is 0. The van der Waals surface area contributed by atoms with Crippen LogP contribution in [0.5, 0.6) is 0 Å². The molecular formula is C16H22F2N2O. The number of nitrogens with one attached hydrogen (secondary N) is 1. The zero-order valence-corrected chi connectivity index (χ0v) is 12.2. The van der Waals surface area contributed by atoms with Crippen molar-refractivity contribution in [1.29, 1.82) is 0 Å². The molecule has 2 heterocycles. The van der Waals surface area contributed by atoms with Crippen molar-refractivity contribution in [3.63, 3.8) is 0 Å². The highest BCUT2D eigenvalue weighted by Gasteiger charge is 2.32. The van der Waals surface area contributed by atoms with Crippen molar-refractivity contribution >= 4 is 0 Å². The Morgan fingerprint density at radius 1 is 1.14 bits per heavy atom. The molecule has 0 radical (unpaired) electrons. The number of halogens is 2. The molecule has 5 heteroatoms. The first-order chi connectivity index (χ1) is 10.3. The molecule has 0 spiro atoms. The monoisotopic (exact) mass is 296 g/mol. The number of benzene rings is 1. The highest BCUT2D eigenvalue weighted by molar-refractivity contribution is 5.23. The summed E-state index contributed by atoms with van der Waals surface area (Å²) in [4.78, 5) is 2.34. The second-order valence-electron chi connectivity index (χ2n) is 5.85. The fourth-order valence-corrected chi connectivity index (χ4v) is 3.48. The van der Waals surface area contributed by atoms with E-state index < -0.39 is 11.6 Å². The second kappa shape index (κ2) is 6.81. The van der Waals surface area contributed by atoms with Crippen molar-refractivity contribution < 1.29 is 13.5 Å². The molecule has 0 unspecified atom stereocenters. The van der Waals surface area contributed by atoms with Crippen LogP contribution in [0, 0.1) is 17.6 Å². The Kier molecular flexibility index (Phi) is 4.83. The number of hydrogen-bond acceptors (Lipinski definition) is 3. The molecule has 0 aliphatic carbocycles. The molecule has 0 amide bonds. The molecule has 1 aromatic rings. The van der Waals surface area contributed by atoms with Gasteiger partial charge in [0.25, 0.3) is 0 Å². The van der Waals surface area contributed by atoms with Crippen LogP contribution in [0.1, 0.15) is 24.4 Å². The third-order valence-corrected chi connectivity index (χ3v) is 4.54. The van der Waals surface area contributed by atoms with Gasteiger partial charge in [-0.05, 0) is 24.8 Å². The summed E-state index contributed by atoms with van der Waals surface area (Å²) in [6, 6.07) is 4.01. The molecule has 0 bridgehead atoms. The maximum Gasteiger partial charge on any atom is 0.130 e. The van der Waals surface area contributed by atoms with Crippen LogP contribution in [0.2, 0.25) is 0 Å². The normalized spacial score (nSPS) is 23.1. The van der Waals surface area contributed by atoms with E-state index in [4.69, 9.17) is 4.74 Å². The van der Waals surface area contributed by atoms with Gasteiger partial charge in [0.15, 0.2) is 0 Å². The van der Waals surface area contributed by atoms with Gasteiger partial charge in [-0.15, -0.1) is 0 Å². The Hall–Kier alpha value is -1.04. The molecule has 0 aromatic heterocycles. The van der Waals surface area contributed by atoms with E-state index in [1.54, 1.807) is 6.07 Å². The highest BCUT2D eigenvalue weighted by Crippen LogP contribution is 2.36. The Morgan fingerprint density at radius 2 is 1.86 bits per heavy atom. The average Bonchev–Trinajstić information content (AvgIpc) is 2.52. The topological polar surface area (TPSA) is 24.5 Å². The maximum atomic E-state index is 14.3. The van der Waals surface area contributed by atoms with Crippen molar-refractivity contribution in [2.45, 2.75) is 18.9 Å². The minimum atomic E-state index is -0.512. The quantitative estimate of drug-likeness (QED) is 0.926. The van der Waals surface area contributed by atoms with Gasteiger partial charge < -0.3 is 10.1 Å². The van der Waals surface area contributed by atoms with Crippen LogP contribution < -0.4 is 5.32 Å². The minimum absolute atomic E-state index is 0.0246. The summed E-state index contributed by atoms with van der Waals surface area (Å²) in [6.45, 7) is 5.11. The SMILES string of the molecule is Fc1ccc([C@@H](C2CCOCC2)N2CCNCC2)c(F)c1. The van der Waals surface area contributed by atoms with Gasteiger partial charge in [0, 0.05) is 57.1 Å². The molecule has 2 aliphatic rings. The lowest BCUT2D eigenvalue weighted by Crippen LogP contribution is -2.47. The third-order valence-electron chi connectivity index (χ3n) is 4.54. The third kappa shape index (κ3) is 3.42. The molecule has 1 N–H and O–H groups in total. The first-order valence-corrected chi connectivity index (χ1v) is 7.73. The predicted molar refractivity (Wildman–Crippen MR) is 77.1 cm³/mol.